The summed E-state index contributed by atoms with van der Waals surface area (Å²) in [4.78, 5) is 19.9. The molecule has 1 saturated carbocycles. The summed E-state index contributed by atoms with van der Waals surface area (Å²) in [6.07, 6.45) is 6.81. The first-order valence-corrected chi connectivity index (χ1v) is 13.0. The van der Waals surface area contributed by atoms with Crippen LogP contribution in [-0.2, 0) is 21.5 Å². The Hall–Kier alpha value is -3.47. The average molecular weight is 538 g/mol. The van der Waals surface area contributed by atoms with Crippen LogP contribution in [0.1, 0.15) is 52.4 Å². The van der Waals surface area contributed by atoms with Crippen LogP contribution >= 0.6 is 0 Å². The third-order valence-electron chi connectivity index (χ3n) is 8.06. The number of halogens is 2. The highest BCUT2D eigenvalue weighted by Gasteiger charge is 2.42. The molecule has 0 bridgehead atoms. The Morgan fingerprint density at radius 3 is 2.67 bits per heavy atom. The fourth-order valence-electron chi connectivity index (χ4n) is 6.02. The molecule has 0 spiro atoms. The van der Waals surface area contributed by atoms with E-state index in [1.807, 2.05) is 19.2 Å². The Kier molecular flexibility index (Phi) is 7.61. The van der Waals surface area contributed by atoms with E-state index in [0.29, 0.717) is 23.8 Å². The molecular formula is C29H33F2N5O3. The number of ether oxygens (including phenoxy) is 2. The number of pyridine rings is 2. The number of anilines is 2. The second-order valence-electron chi connectivity index (χ2n) is 10.5. The predicted molar refractivity (Wildman–Crippen MR) is 144 cm³/mol. The van der Waals surface area contributed by atoms with Crippen LogP contribution in [0, 0.1) is 17.6 Å². The number of nitrogens with zero attached hydrogens (tertiary/aromatic N) is 2. The minimum absolute atomic E-state index is 0.0152. The highest BCUT2D eigenvalue weighted by molar-refractivity contribution is 5.82. The molecular weight excluding hydrogens is 504 g/mol. The number of aldehydes is 1. The van der Waals surface area contributed by atoms with Crippen LogP contribution in [-0.4, -0.2) is 49.7 Å². The summed E-state index contributed by atoms with van der Waals surface area (Å²) >= 11 is 0. The van der Waals surface area contributed by atoms with E-state index in [-0.39, 0.29) is 53.7 Å². The summed E-state index contributed by atoms with van der Waals surface area (Å²) in [5, 5.41) is 3.21. The molecule has 1 aliphatic carbocycles. The molecule has 8 nitrogen and oxygen atoms in total. The fraction of sp³-hybridized carbons (Fsp3) is 0.414. The summed E-state index contributed by atoms with van der Waals surface area (Å²) in [5.41, 5.74) is 14.3. The molecule has 2 aromatic heterocycles. The van der Waals surface area contributed by atoms with E-state index in [4.69, 9.17) is 20.9 Å². The standard InChI is InChI=1S/C29H33F2N5O3/c1-34-25-12-35-4-3-21(25)17-5-16(7-20(32)9-17)6-18-8-19(29(38-2)14-39-15-29)10-22(30)27(18)28-23(31)11-24(33)26(13-37)36-28/h3-4,8,10-13,16-17,20,34H,5-7,9,14-15,32-33H2,1-2H3/t16-,17?,20+/m1/s1. The van der Waals surface area contributed by atoms with E-state index >= 15 is 8.78 Å². The number of carbonyl (C=O) groups excluding carboxylic acids is 1. The molecule has 5 rings (SSSR count). The fourth-order valence-corrected chi connectivity index (χ4v) is 6.02. The second-order valence-corrected chi connectivity index (χ2v) is 10.5. The van der Waals surface area contributed by atoms with Crippen LogP contribution in [0.4, 0.5) is 20.2 Å². The van der Waals surface area contributed by atoms with Gasteiger partial charge in [0.05, 0.1) is 30.8 Å². The maximum absolute atomic E-state index is 15.9. The predicted octanol–water partition coefficient (Wildman–Crippen LogP) is 4.18. The summed E-state index contributed by atoms with van der Waals surface area (Å²) in [5.74, 6) is -1.18. The van der Waals surface area contributed by atoms with Gasteiger partial charge in [0.15, 0.2) is 12.1 Å². The quantitative estimate of drug-likeness (QED) is 0.366. The van der Waals surface area contributed by atoms with Gasteiger partial charge in [0.1, 0.15) is 22.8 Å². The number of benzene rings is 1. The van der Waals surface area contributed by atoms with E-state index in [2.05, 4.69) is 15.3 Å². The van der Waals surface area contributed by atoms with Crippen molar-refractivity contribution >= 4 is 17.7 Å². The zero-order valence-electron chi connectivity index (χ0n) is 22.0. The van der Waals surface area contributed by atoms with Crippen molar-refractivity contribution in [3.63, 3.8) is 0 Å². The van der Waals surface area contributed by atoms with Crippen LogP contribution in [0.5, 0.6) is 0 Å². The van der Waals surface area contributed by atoms with Crippen molar-refractivity contribution in [2.45, 2.75) is 43.2 Å². The number of nitrogen functional groups attached to an aromatic ring is 1. The molecule has 0 radical (unpaired) electrons. The lowest BCUT2D eigenvalue weighted by Crippen LogP contribution is -2.48. The van der Waals surface area contributed by atoms with Crippen molar-refractivity contribution in [1.29, 1.82) is 0 Å². The largest absolute Gasteiger partial charge is 0.397 e. The summed E-state index contributed by atoms with van der Waals surface area (Å²) < 4.78 is 42.3. The minimum Gasteiger partial charge on any atom is -0.397 e. The smallest absolute Gasteiger partial charge is 0.170 e. The van der Waals surface area contributed by atoms with E-state index in [9.17, 15) is 4.79 Å². The molecule has 3 atom stereocenters. The van der Waals surface area contributed by atoms with Crippen molar-refractivity contribution in [1.82, 2.24) is 9.97 Å². The number of rotatable bonds is 8. The Morgan fingerprint density at radius 1 is 1.21 bits per heavy atom. The first kappa shape index (κ1) is 27.1. The van der Waals surface area contributed by atoms with Gasteiger partial charge in [-0.3, -0.25) is 9.78 Å². The van der Waals surface area contributed by atoms with Crippen LogP contribution in [0.25, 0.3) is 11.3 Å². The molecule has 3 aromatic rings. The number of hydrogen-bond acceptors (Lipinski definition) is 8. The lowest BCUT2D eigenvalue weighted by atomic mass is 9.73. The molecule has 1 aliphatic heterocycles. The van der Waals surface area contributed by atoms with Gasteiger partial charge in [0.25, 0.3) is 0 Å². The molecule has 206 valence electrons. The Balaban J connectivity index is 1.58. The van der Waals surface area contributed by atoms with Crippen molar-refractivity contribution < 1.29 is 23.0 Å². The van der Waals surface area contributed by atoms with Crippen LogP contribution in [0.2, 0.25) is 0 Å². The number of nitrogens with one attached hydrogen (secondary N) is 1. The second kappa shape index (κ2) is 11.0. The maximum atomic E-state index is 15.9. The van der Waals surface area contributed by atoms with Crippen molar-refractivity contribution in [2.24, 2.45) is 11.7 Å². The molecule has 1 unspecified atom stereocenters. The first-order valence-electron chi connectivity index (χ1n) is 13.0. The summed E-state index contributed by atoms with van der Waals surface area (Å²) in [6, 6.07) is 6.15. The highest BCUT2D eigenvalue weighted by Crippen LogP contribution is 2.43. The van der Waals surface area contributed by atoms with Crippen LogP contribution in [0.15, 0.2) is 36.7 Å². The van der Waals surface area contributed by atoms with Crippen LogP contribution in [0.3, 0.4) is 0 Å². The zero-order chi connectivity index (χ0) is 27.7. The monoisotopic (exact) mass is 537 g/mol. The van der Waals surface area contributed by atoms with Crippen molar-refractivity contribution in [2.75, 3.05) is 38.4 Å². The minimum atomic E-state index is -0.798. The molecule has 3 heterocycles. The number of carbonyl (C=O) groups is 1. The van der Waals surface area contributed by atoms with Gasteiger partial charge in [-0.05, 0) is 66.3 Å². The van der Waals surface area contributed by atoms with Crippen molar-refractivity contribution in [3.8, 4) is 11.3 Å². The number of methoxy groups -OCH3 is 1. The van der Waals surface area contributed by atoms with Gasteiger partial charge in [-0.1, -0.05) is 6.07 Å². The van der Waals surface area contributed by atoms with Gasteiger partial charge in [0.2, 0.25) is 0 Å². The summed E-state index contributed by atoms with van der Waals surface area (Å²) in [6.45, 7) is 0.577. The lowest BCUT2D eigenvalue weighted by Gasteiger charge is -2.41. The van der Waals surface area contributed by atoms with E-state index in [0.717, 1.165) is 36.6 Å². The topological polar surface area (TPSA) is 125 Å². The normalized spacial score (nSPS) is 22.2. The van der Waals surface area contributed by atoms with Crippen LogP contribution < -0.4 is 16.8 Å². The molecule has 5 N–H and O–H groups in total. The van der Waals surface area contributed by atoms with E-state index < -0.39 is 17.2 Å². The van der Waals surface area contributed by atoms with E-state index in [1.165, 1.54) is 6.07 Å². The molecule has 39 heavy (non-hydrogen) atoms. The number of aromatic nitrogens is 2. The Bertz CT molecular complexity index is 1380. The van der Waals surface area contributed by atoms with Crippen molar-refractivity contribution in [3.05, 3.63) is 70.7 Å². The molecule has 10 heteroatoms. The molecule has 0 amide bonds. The molecule has 2 aliphatic rings. The highest BCUT2D eigenvalue weighted by atomic mass is 19.1. The molecule has 1 aromatic carbocycles. The zero-order valence-corrected chi connectivity index (χ0v) is 22.0. The van der Waals surface area contributed by atoms with E-state index in [1.54, 1.807) is 19.5 Å². The van der Waals surface area contributed by atoms with Gasteiger partial charge >= 0.3 is 0 Å². The third kappa shape index (κ3) is 5.11. The van der Waals surface area contributed by atoms with Gasteiger partial charge in [-0.2, -0.15) is 0 Å². The average Bonchev–Trinajstić information content (AvgIpc) is 2.89. The first-order chi connectivity index (χ1) is 18.8. The Labute approximate surface area is 226 Å². The molecule has 2 fully saturated rings. The number of hydrogen-bond donors (Lipinski definition) is 3. The maximum Gasteiger partial charge on any atom is 0.170 e. The molecule has 1 saturated heterocycles. The number of nitrogens with two attached hydrogens (primary N) is 2. The SMILES string of the molecule is CNc1cnccc1C1C[C@@H](N)C[C@@H](Cc2cc(C3(OC)COC3)cc(F)c2-c2nc(C=O)c(N)cc2F)C1. The van der Waals surface area contributed by atoms with Gasteiger partial charge in [-0.15, -0.1) is 0 Å². The summed E-state index contributed by atoms with van der Waals surface area (Å²) in [7, 11) is 3.42. The van der Waals surface area contributed by atoms with Gasteiger partial charge in [-0.25, -0.2) is 13.8 Å². The van der Waals surface area contributed by atoms with Gasteiger partial charge in [0, 0.05) is 38.0 Å². The lowest BCUT2D eigenvalue weighted by molar-refractivity contribution is -0.202. The van der Waals surface area contributed by atoms with Gasteiger partial charge < -0.3 is 26.3 Å². The third-order valence-corrected chi connectivity index (χ3v) is 8.06. The Morgan fingerprint density at radius 2 is 2.00 bits per heavy atom.